The number of hydrogen-bond acceptors (Lipinski definition) is 4. The summed E-state index contributed by atoms with van der Waals surface area (Å²) >= 11 is 0. The summed E-state index contributed by atoms with van der Waals surface area (Å²) in [5.41, 5.74) is 1.33. The molecule has 0 saturated heterocycles. The van der Waals surface area contributed by atoms with E-state index in [9.17, 15) is 28.0 Å². The van der Waals surface area contributed by atoms with Crippen molar-refractivity contribution in [2.24, 2.45) is 0 Å². The van der Waals surface area contributed by atoms with Crippen molar-refractivity contribution in [1.29, 1.82) is 0 Å². The highest BCUT2D eigenvalue weighted by atomic mass is 31.0. The van der Waals surface area contributed by atoms with Gasteiger partial charge in [0.2, 0.25) is 11.8 Å². The minimum absolute atomic E-state index is 0.0700. The molecular weight excluding hydrogens is 529 g/mol. The lowest BCUT2D eigenvalue weighted by molar-refractivity contribution is -0.143. The van der Waals surface area contributed by atoms with Gasteiger partial charge in [-0.1, -0.05) is 65.6 Å². The average Bonchev–Trinajstić information content (AvgIpc) is 2.82. The Kier molecular flexibility index (Phi) is 13.2. The molecule has 39 heavy (non-hydrogen) atoms. The third-order valence-corrected chi connectivity index (χ3v) is 6.27. The van der Waals surface area contributed by atoms with E-state index in [2.05, 4.69) is 56.5 Å². The van der Waals surface area contributed by atoms with E-state index in [-0.39, 0.29) is 18.4 Å². The molecule has 2 amide bonds. The van der Waals surface area contributed by atoms with E-state index in [4.69, 9.17) is 10.2 Å². The maximum Gasteiger partial charge on any atom is 0.326 e. The normalized spacial score (nSPS) is 12.5. The maximum absolute atomic E-state index is 13.2. The molecule has 0 fully saturated rings. The van der Waals surface area contributed by atoms with Crippen molar-refractivity contribution in [3.8, 4) is 0 Å². The SMILES string of the molecule is CC(=O)N[C@@H](Cc1ccc(C(F)(F)P)cc1)C(=O)N[C@H](CCC(=O)O)C(=O)O.Cc1ccc(C(C)C)cc1C. The molecule has 0 saturated carbocycles. The highest BCUT2D eigenvalue weighted by Crippen LogP contribution is 2.34. The molecule has 2 rings (SSSR count). The largest absolute Gasteiger partial charge is 0.481 e. The van der Waals surface area contributed by atoms with E-state index >= 15 is 0 Å². The van der Waals surface area contributed by atoms with E-state index in [0.29, 0.717) is 11.5 Å². The van der Waals surface area contributed by atoms with Crippen LogP contribution in [0.2, 0.25) is 0 Å². The first kappa shape index (κ1) is 33.6. The summed E-state index contributed by atoms with van der Waals surface area (Å²) in [4.78, 5) is 45.6. The van der Waals surface area contributed by atoms with Crippen LogP contribution in [0.15, 0.2) is 42.5 Å². The van der Waals surface area contributed by atoms with Crippen LogP contribution in [0.5, 0.6) is 0 Å². The van der Waals surface area contributed by atoms with Gasteiger partial charge in [-0.3, -0.25) is 14.4 Å². The molecule has 1 unspecified atom stereocenters. The number of aliphatic carboxylic acids is 2. The van der Waals surface area contributed by atoms with Crippen molar-refractivity contribution in [2.45, 2.75) is 77.5 Å². The van der Waals surface area contributed by atoms with Gasteiger partial charge < -0.3 is 20.8 Å². The molecule has 0 heterocycles. The molecule has 2 aromatic carbocycles. The van der Waals surface area contributed by atoms with Gasteiger partial charge in [0.05, 0.1) is 0 Å². The van der Waals surface area contributed by atoms with E-state index in [1.807, 2.05) is 0 Å². The minimum Gasteiger partial charge on any atom is -0.481 e. The monoisotopic (exact) mass is 566 g/mol. The molecule has 4 N–H and O–H groups in total. The van der Waals surface area contributed by atoms with Crippen molar-refractivity contribution >= 4 is 33.0 Å². The van der Waals surface area contributed by atoms with Crippen LogP contribution in [0, 0.1) is 13.8 Å². The predicted octanol–water partition coefficient (Wildman–Crippen LogP) is 4.52. The standard InChI is InChI=1S/C17H21F2N2O6P.C11H16/c1-9(22)20-13(8-10-2-4-11(5-3-10)17(18,19)28)15(25)21-12(16(26)27)6-7-14(23)24;1-8(2)11-6-5-9(3)10(4)7-11/h2-5,12-13H,6-8,28H2,1H3,(H,20,22)(H,21,25)(H,23,24)(H,26,27);5-8H,1-4H3/t12-,13+;/m1./s1. The molecule has 0 bridgehead atoms. The molecule has 0 aliphatic carbocycles. The van der Waals surface area contributed by atoms with E-state index in [0.717, 1.165) is 6.92 Å². The lowest BCUT2D eigenvalue weighted by Crippen LogP contribution is -2.52. The smallest absolute Gasteiger partial charge is 0.326 e. The number of halogens is 2. The molecule has 0 aromatic heterocycles. The lowest BCUT2D eigenvalue weighted by atomic mass is 9.99. The summed E-state index contributed by atoms with van der Waals surface area (Å²) in [5, 5.41) is 22.4. The van der Waals surface area contributed by atoms with Gasteiger partial charge in [0.15, 0.2) is 0 Å². The molecule has 3 atom stereocenters. The van der Waals surface area contributed by atoms with Gasteiger partial charge in [-0.05, 0) is 48.4 Å². The van der Waals surface area contributed by atoms with E-state index < -0.39 is 47.9 Å². The van der Waals surface area contributed by atoms with Crippen LogP contribution in [0.25, 0.3) is 0 Å². The number of carbonyl (C=O) groups is 4. The highest BCUT2D eigenvalue weighted by Gasteiger charge is 2.27. The van der Waals surface area contributed by atoms with Crippen LogP contribution in [0.1, 0.15) is 67.3 Å². The summed E-state index contributed by atoms with van der Waals surface area (Å²) in [6.45, 7) is 9.94. The summed E-state index contributed by atoms with van der Waals surface area (Å²) < 4.78 is 26.5. The fourth-order valence-corrected chi connectivity index (χ4v) is 3.67. The Hall–Kier alpha value is -3.39. The second-order valence-electron chi connectivity index (χ2n) is 9.61. The number of rotatable bonds is 11. The first-order valence-electron chi connectivity index (χ1n) is 12.4. The number of nitrogens with one attached hydrogen (secondary N) is 2. The maximum atomic E-state index is 13.2. The molecule has 0 radical (unpaired) electrons. The number of hydrogen-bond donors (Lipinski definition) is 4. The molecule has 0 aliphatic rings. The zero-order chi connectivity index (χ0) is 29.9. The van der Waals surface area contributed by atoms with Crippen LogP contribution in [0.4, 0.5) is 8.78 Å². The topological polar surface area (TPSA) is 133 Å². The van der Waals surface area contributed by atoms with Gasteiger partial charge in [0.1, 0.15) is 12.1 Å². The van der Waals surface area contributed by atoms with Crippen LogP contribution >= 0.6 is 9.24 Å². The molecular formula is C28H37F2N2O6P. The number of carboxylic acids is 2. The third-order valence-electron chi connectivity index (χ3n) is 5.93. The Labute approximate surface area is 229 Å². The van der Waals surface area contributed by atoms with Crippen LogP contribution in [0.3, 0.4) is 0 Å². The van der Waals surface area contributed by atoms with Gasteiger partial charge in [0.25, 0.3) is 5.66 Å². The average molecular weight is 567 g/mol. The predicted molar refractivity (Wildman–Crippen MR) is 148 cm³/mol. The Balaban J connectivity index is 0.000000573. The van der Waals surface area contributed by atoms with Crippen LogP contribution in [-0.2, 0) is 31.3 Å². The Morgan fingerprint density at radius 2 is 1.51 bits per heavy atom. The summed E-state index contributed by atoms with van der Waals surface area (Å²) in [6.07, 6.45) is -0.868. The van der Waals surface area contributed by atoms with Crippen LogP contribution in [-0.4, -0.2) is 46.0 Å². The van der Waals surface area contributed by atoms with E-state index in [1.54, 1.807) is 0 Å². The molecule has 8 nitrogen and oxygen atoms in total. The quantitative estimate of drug-likeness (QED) is 0.296. The van der Waals surface area contributed by atoms with Gasteiger partial charge in [-0.15, -0.1) is 0 Å². The third kappa shape index (κ3) is 12.3. The van der Waals surface area contributed by atoms with Gasteiger partial charge >= 0.3 is 11.9 Å². The van der Waals surface area contributed by atoms with Crippen molar-refractivity contribution in [3.63, 3.8) is 0 Å². The molecule has 214 valence electrons. The zero-order valence-corrected chi connectivity index (χ0v) is 23.9. The minimum atomic E-state index is -3.11. The Morgan fingerprint density at radius 3 is 1.95 bits per heavy atom. The van der Waals surface area contributed by atoms with Crippen molar-refractivity contribution in [1.82, 2.24) is 10.6 Å². The molecule has 11 heteroatoms. The first-order chi connectivity index (χ1) is 18.0. The highest BCUT2D eigenvalue weighted by molar-refractivity contribution is 7.17. The number of alkyl halides is 2. The number of amides is 2. The van der Waals surface area contributed by atoms with Crippen LogP contribution < -0.4 is 10.6 Å². The Morgan fingerprint density at radius 1 is 0.923 bits per heavy atom. The van der Waals surface area contributed by atoms with Crippen molar-refractivity contribution < 1.29 is 38.2 Å². The van der Waals surface area contributed by atoms with Gasteiger partial charge in [0, 0.05) is 25.3 Å². The molecule has 0 aliphatic heterocycles. The second-order valence-corrected chi connectivity index (χ2v) is 10.3. The zero-order valence-electron chi connectivity index (χ0n) is 22.8. The van der Waals surface area contributed by atoms with Gasteiger partial charge in [-0.2, -0.15) is 8.78 Å². The van der Waals surface area contributed by atoms with E-state index in [1.165, 1.54) is 50.2 Å². The number of benzene rings is 2. The summed E-state index contributed by atoms with van der Waals surface area (Å²) in [5.74, 6) is -3.36. The Bertz CT molecular complexity index is 1150. The lowest BCUT2D eigenvalue weighted by Gasteiger charge is -2.21. The second kappa shape index (κ2) is 15.3. The summed E-state index contributed by atoms with van der Waals surface area (Å²) in [6, 6.07) is 9.18. The fraction of sp³-hybridized carbons (Fsp3) is 0.429. The number of aryl methyl sites for hydroxylation is 2. The number of carboxylic acid groups (broad SMARTS) is 2. The van der Waals surface area contributed by atoms with Crippen molar-refractivity contribution in [3.05, 3.63) is 70.3 Å². The number of carbonyl (C=O) groups excluding carboxylic acids is 2. The first-order valence-corrected chi connectivity index (χ1v) is 12.9. The van der Waals surface area contributed by atoms with Crippen molar-refractivity contribution in [2.75, 3.05) is 0 Å². The fourth-order valence-electron chi connectivity index (χ4n) is 3.47. The summed E-state index contributed by atoms with van der Waals surface area (Å²) in [7, 11) is 1.41. The molecule has 2 aromatic rings. The van der Waals surface area contributed by atoms with Gasteiger partial charge in [-0.25, -0.2) is 4.79 Å². The molecule has 0 spiro atoms.